The van der Waals surface area contributed by atoms with E-state index in [-0.39, 0.29) is 17.2 Å². The van der Waals surface area contributed by atoms with Gasteiger partial charge in [-0.1, -0.05) is 12.8 Å². The van der Waals surface area contributed by atoms with E-state index in [9.17, 15) is 18.7 Å². The number of aromatic carboxylic acids is 1. The molecule has 0 aliphatic heterocycles. The molecule has 1 fully saturated rings. The predicted octanol–water partition coefficient (Wildman–Crippen LogP) is 3.51. The maximum absolute atomic E-state index is 13.8. The number of benzene rings is 1. The summed E-state index contributed by atoms with van der Waals surface area (Å²) in [6.45, 7) is 0. The minimum atomic E-state index is -1.08. The number of aromatic nitrogens is 2. The average Bonchev–Trinajstić information content (AvgIpc) is 3.07. The Bertz CT molecular complexity index is 691. The van der Waals surface area contributed by atoms with Gasteiger partial charge in [-0.2, -0.15) is 5.10 Å². The Morgan fingerprint density at radius 2 is 2.00 bits per heavy atom. The van der Waals surface area contributed by atoms with Crippen molar-refractivity contribution >= 4 is 5.97 Å². The number of carboxylic acids is 1. The van der Waals surface area contributed by atoms with Gasteiger partial charge in [-0.3, -0.25) is 0 Å². The van der Waals surface area contributed by atoms with Crippen LogP contribution in [-0.2, 0) is 0 Å². The molecule has 21 heavy (non-hydrogen) atoms. The number of rotatable bonds is 3. The summed E-state index contributed by atoms with van der Waals surface area (Å²) in [5.41, 5.74) is 0.623. The van der Waals surface area contributed by atoms with Gasteiger partial charge in [0.25, 0.3) is 0 Å². The van der Waals surface area contributed by atoms with E-state index in [1.165, 1.54) is 16.9 Å². The second-order valence-electron chi connectivity index (χ2n) is 5.25. The van der Waals surface area contributed by atoms with Crippen LogP contribution in [-0.4, -0.2) is 20.9 Å². The summed E-state index contributed by atoms with van der Waals surface area (Å²) in [5, 5.41) is 13.5. The predicted molar refractivity (Wildman–Crippen MR) is 71.6 cm³/mol. The molecule has 0 unspecified atom stereocenters. The average molecular weight is 292 g/mol. The molecule has 4 nitrogen and oxygen atoms in total. The fourth-order valence-electron chi connectivity index (χ4n) is 2.84. The van der Waals surface area contributed by atoms with Crippen molar-refractivity contribution in [3.05, 3.63) is 47.3 Å². The van der Waals surface area contributed by atoms with E-state index in [0.29, 0.717) is 5.69 Å². The van der Waals surface area contributed by atoms with Crippen molar-refractivity contribution in [2.75, 3.05) is 0 Å². The van der Waals surface area contributed by atoms with Crippen LogP contribution in [0.15, 0.2) is 24.4 Å². The molecule has 2 aromatic rings. The number of hydrogen-bond acceptors (Lipinski definition) is 2. The highest BCUT2D eigenvalue weighted by Gasteiger charge is 2.26. The quantitative estimate of drug-likeness (QED) is 0.942. The molecule has 1 heterocycles. The van der Waals surface area contributed by atoms with Crippen LogP contribution in [0, 0.1) is 11.6 Å². The molecule has 1 N–H and O–H groups in total. The lowest BCUT2D eigenvalue weighted by Crippen LogP contribution is -2.04. The molecule has 1 aliphatic carbocycles. The number of hydrogen-bond donors (Lipinski definition) is 1. The Labute approximate surface area is 120 Å². The summed E-state index contributed by atoms with van der Waals surface area (Å²) < 4.78 is 28.0. The van der Waals surface area contributed by atoms with Gasteiger partial charge < -0.3 is 5.11 Å². The SMILES string of the molecule is O=C(O)c1cn(-c2ccc(F)cc2F)nc1C1CCCC1. The van der Waals surface area contributed by atoms with Crippen LogP contribution < -0.4 is 0 Å². The van der Waals surface area contributed by atoms with Crippen molar-refractivity contribution in [2.24, 2.45) is 0 Å². The molecule has 0 radical (unpaired) electrons. The van der Waals surface area contributed by atoms with Crippen LogP contribution >= 0.6 is 0 Å². The molecular weight excluding hydrogens is 278 g/mol. The van der Waals surface area contributed by atoms with Crippen molar-refractivity contribution in [1.82, 2.24) is 9.78 Å². The maximum atomic E-state index is 13.8. The summed E-state index contributed by atoms with van der Waals surface area (Å²) >= 11 is 0. The molecule has 1 aliphatic rings. The van der Waals surface area contributed by atoms with Crippen molar-refractivity contribution < 1.29 is 18.7 Å². The molecular formula is C15H14F2N2O2. The van der Waals surface area contributed by atoms with E-state index >= 15 is 0 Å². The molecule has 0 spiro atoms. The molecule has 1 aromatic carbocycles. The summed E-state index contributed by atoms with van der Waals surface area (Å²) in [7, 11) is 0. The second-order valence-corrected chi connectivity index (χ2v) is 5.25. The third-order valence-electron chi connectivity index (χ3n) is 3.87. The molecule has 3 rings (SSSR count). The molecule has 0 amide bonds. The minimum Gasteiger partial charge on any atom is -0.478 e. The highest BCUT2D eigenvalue weighted by Crippen LogP contribution is 2.35. The number of halogens is 2. The normalized spacial score (nSPS) is 15.5. The highest BCUT2D eigenvalue weighted by molar-refractivity contribution is 5.89. The van der Waals surface area contributed by atoms with Crippen LogP contribution in [0.25, 0.3) is 5.69 Å². The summed E-state index contributed by atoms with van der Waals surface area (Å²) in [4.78, 5) is 11.4. The second kappa shape index (κ2) is 5.27. The van der Waals surface area contributed by atoms with E-state index in [1.807, 2.05) is 0 Å². The molecule has 0 saturated heterocycles. The van der Waals surface area contributed by atoms with Crippen LogP contribution in [0.1, 0.15) is 47.7 Å². The lowest BCUT2D eigenvalue weighted by atomic mass is 10.0. The van der Waals surface area contributed by atoms with Gasteiger partial charge in [0.1, 0.15) is 17.1 Å². The van der Waals surface area contributed by atoms with Gasteiger partial charge in [0, 0.05) is 18.2 Å². The summed E-state index contributed by atoms with van der Waals surface area (Å²) in [6.07, 6.45) is 5.17. The Kier molecular flexibility index (Phi) is 3.45. The van der Waals surface area contributed by atoms with Crippen molar-refractivity contribution in [1.29, 1.82) is 0 Å². The first-order chi connectivity index (χ1) is 10.1. The van der Waals surface area contributed by atoms with E-state index in [1.54, 1.807) is 0 Å². The topological polar surface area (TPSA) is 55.1 Å². The van der Waals surface area contributed by atoms with Crippen LogP contribution in [0.5, 0.6) is 0 Å². The van der Waals surface area contributed by atoms with Gasteiger partial charge in [0.2, 0.25) is 0 Å². The van der Waals surface area contributed by atoms with E-state index in [2.05, 4.69) is 5.10 Å². The standard InChI is InChI=1S/C15H14F2N2O2/c16-10-5-6-13(12(17)7-10)19-8-11(15(20)21)14(18-19)9-3-1-2-4-9/h5-9H,1-4H2,(H,20,21). The van der Waals surface area contributed by atoms with E-state index in [4.69, 9.17) is 0 Å². The highest BCUT2D eigenvalue weighted by atomic mass is 19.1. The Hall–Kier alpha value is -2.24. The lowest BCUT2D eigenvalue weighted by Gasteiger charge is -2.06. The first-order valence-electron chi connectivity index (χ1n) is 6.84. The fourth-order valence-corrected chi connectivity index (χ4v) is 2.84. The van der Waals surface area contributed by atoms with Crippen molar-refractivity contribution in [2.45, 2.75) is 31.6 Å². The Morgan fingerprint density at radius 1 is 1.29 bits per heavy atom. The molecule has 1 aromatic heterocycles. The van der Waals surface area contributed by atoms with E-state index in [0.717, 1.165) is 37.8 Å². The number of nitrogens with zero attached hydrogens (tertiary/aromatic N) is 2. The van der Waals surface area contributed by atoms with Gasteiger partial charge >= 0.3 is 5.97 Å². The minimum absolute atomic E-state index is 0.0446. The number of carbonyl (C=O) groups is 1. The van der Waals surface area contributed by atoms with Gasteiger partial charge in [-0.15, -0.1) is 0 Å². The van der Waals surface area contributed by atoms with Gasteiger partial charge in [0.05, 0.1) is 5.69 Å². The largest absolute Gasteiger partial charge is 0.478 e. The van der Waals surface area contributed by atoms with Gasteiger partial charge in [0.15, 0.2) is 5.82 Å². The zero-order valence-corrected chi connectivity index (χ0v) is 11.2. The lowest BCUT2D eigenvalue weighted by molar-refractivity contribution is 0.0695. The zero-order chi connectivity index (χ0) is 15.0. The summed E-state index contributed by atoms with van der Waals surface area (Å²) in [5.74, 6) is -2.43. The summed E-state index contributed by atoms with van der Waals surface area (Å²) in [6, 6.07) is 3.13. The van der Waals surface area contributed by atoms with Crippen LogP contribution in [0.2, 0.25) is 0 Å². The van der Waals surface area contributed by atoms with Crippen LogP contribution in [0.4, 0.5) is 8.78 Å². The molecule has 1 saturated carbocycles. The third kappa shape index (κ3) is 2.53. The molecule has 0 bridgehead atoms. The molecule has 110 valence electrons. The molecule has 6 heteroatoms. The van der Waals surface area contributed by atoms with Crippen LogP contribution in [0.3, 0.4) is 0 Å². The van der Waals surface area contributed by atoms with E-state index < -0.39 is 17.6 Å². The monoisotopic (exact) mass is 292 g/mol. The van der Waals surface area contributed by atoms with Crippen molar-refractivity contribution in [3.8, 4) is 5.69 Å². The Balaban J connectivity index is 2.07. The smallest absolute Gasteiger partial charge is 0.339 e. The van der Waals surface area contributed by atoms with Gasteiger partial charge in [-0.25, -0.2) is 18.3 Å². The Morgan fingerprint density at radius 3 is 2.62 bits per heavy atom. The molecule has 0 atom stereocenters. The van der Waals surface area contributed by atoms with Crippen molar-refractivity contribution in [3.63, 3.8) is 0 Å². The van der Waals surface area contributed by atoms with Gasteiger partial charge in [-0.05, 0) is 25.0 Å². The number of carboxylic acid groups (broad SMARTS) is 1. The first-order valence-corrected chi connectivity index (χ1v) is 6.84. The maximum Gasteiger partial charge on any atom is 0.339 e. The first kappa shape index (κ1) is 13.7. The third-order valence-corrected chi connectivity index (χ3v) is 3.87. The fraction of sp³-hybridized carbons (Fsp3) is 0.333. The zero-order valence-electron chi connectivity index (χ0n) is 11.2.